The van der Waals surface area contributed by atoms with Crippen LogP contribution in [0.2, 0.25) is 0 Å². The SMILES string of the molecule is C[C@@H](CC(=O)c1cc(-c2ccc(N(C)C)nc2)nn(-c2cccc(F)c2)c1=O)C(C)(C)O. The van der Waals surface area contributed by atoms with Crippen LogP contribution in [0.1, 0.15) is 37.6 Å². The molecule has 0 saturated carbocycles. The minimum Gasteiger partial charge on any atom is -0.390 e. The maximum Gasteiger partial charge on any atom is 0.282 e. The van der Waals surface area contributed by atoms with E-state index in [1.807, 2.05) is 19.0 Å². The fourth-order valence-electron chi connectivity index (χ4n) is 3.06. The van der Waals surface area contributed by atoms with Crippen LogP contribution in [0.5, 0.6) is 0 Å². The van der Waals surface area contributed by atoms with Crippen LogP contribution < -0.4 is 10.5 Å². The Morgan fingerprint density at radius 3 is 2.50 bits per heavy atom. The van der Waals surface area contributed by atoms with Gasteiger partial charge < -0.3 is 10.0 Å². The second kappa shape index (κ2) is 9.00. The molecule has 0 bridgehead atoms. The van der Waals surface area contributed by atoms with Crippen LogP contribution in [-0.4, -0.2) is 45.4 Å². The van der Waals surface area contributed by atoms with Gasteiger partial charge in [0.05, 0.1) is 22.5 Å². The van der Waals surface area contributed by atoms with Gasteiger partial charge in [-0.25, -0.2) is 9.37 Å². The second-order valence-electron chi connectivity index (χ2n) is 8.62. The minimum atomic E-state index is -1.08. The first-order chi connectivity index (χ1) is 15.0. The van der Waals surface area contributed by atoms with Crippen molar-refractivity contribution in [2.75, 3.05) is 19.0 Å². The number of rotatable bonds is 7. The predicted molar refractivity (Wildman–Crippen MR) is 122 cm³/mol. The third-order valence-corrected chi connectivity index (χ3v) is 5.46. The number of aliphatic hydroxyl groups is 1. The van der Waals surface area contributed by atoms with Gasteiger partial charge in [0, 0.05) is 32.3 Å². The summed E-state index contributed by atoms with van der Waals surface area (Å²) in [7, 11) is 3.73. The van der Waals surface area contributed by atoms with Crippen LogP contribution in [0, 0.1) is 11.7 Å². The summed E-state index contributed by atoms with van der Waals surface area (Å²) >= 11 is 0. The summed E-state index contributed by atoms with van der Waals surface area (Å²) in [4.78, 5) is 32.4. The highest BCUT2D eigenvalue weighted by Gasteiger charge is 2.27. The molecule has 2 heterocycles. The number of halogens is 1. The molecule has 2 aromatic heterocycles. The Morgan fingerprint density at radius 1 is 1.22 bits per heavy atom. The Balaban J connectivity index is 2.15. The lowest BCUT2D eigenvalue weighted by Gasteiger charge is -2.25. The van der Waals surface area contributed by atoms with Crippen molar-refractivity contribution < 1.29 is 14.3 Å². The van der Waals surface area contributed by atoms with Crippen molar-refractivity contribution in [1.29, 1.82) is 0 Å². The summed E-state index contributed by atoms with van der Waals surface area (Å²) < 4.78 is 14.9. The van der Waals surface area contributed by atoms with Crippen LogP contribution in [0.4, 0.5) is 10.2 Å². The van der Waals surface area contributed by atoms with E-state index in [0.29, 0.717) is 11.3 Å². The lowest BCUT2D eigenvalue weighted by atomic mass is 9.87. The van der Waals surface area contributed by atoms with Crippen molar-refractivity contribution in [2.45, 2.75) is 32.8 Å². The van der Waals surface area contributed by atoms with Gasteiger partial charge in [-0.3, -0.25) is 9.59 Å². The van der Waals surface area contributed by atoms with Gasteiger partial charge in [0.1, 0.15) is 11.6 Å². The Hall–Kier alpha value is -3.39. The topological polar surface area (TPSA) is 88.3 Å². The highest BCUT2D eigenvalue weighted by atomic mass is 19.1. The Bertz CT molecular complexity index is 1180. The molecule has 0 aliphatic carbocycles. The van der Waals surface area contributed by atoms with Crippen molar-refractivity contribution in [2.24, 2.45) is 5.92 Å². The number of aromatic nitrogens is 3. The number of anilines is 1. The number of hydrogen-bond donors (Lipinski definition) is 1. The van der Waals surface area contributed by atoms with E-state index >= 15 is 0 Å². The quantitative estimate of drug-likeness (QED) is 0.568. The normalized spacial score (nSPS) is 12.5. The highest BCUT2D eigenvalue weighted by Crippen LogP contribution is 2.23. The largest absolute Gasteiger partial charge is 0.390 e. The molecular formula is C24H27FN4O3. The van der Waals surface area contributed by atoms with E-state index in [-0.39, 0.29) is 23.6 Å². The van der Waals surface area contributed by atoms with Gasteiger partial charge in [-0.05, 0) is 56.2 Å². The average molecular weight is 439 g/mol. The van der Waals surface area contributed by atoms with Crippen LogP contribution >= 0.6 is 0 Å². The molecule has 0 spiro atoms. The van der Waals surface area contributed by atoms with E-state index < -0.39 is 22.8 Å². The van der Waals surface area contributed by atoms with E-state index in [1.54, 1.807) is 45.2 Å². The maximum absolute atomic E-state index is 13.8. The molecule has 0 fully saturated rings. The Morgan fingerprint density at radius 2 is 1.94 bits per heavy atom. The van der Waals surface area contributed by atoms with Crippen molar-refractivity contribution in [3.05, 3.63) is 70.4 Å². The van der Waals surface area contributed by atoms with Crippen molar-refractivity contribution in [1.82, 2.24) is 14.8 Å². The van der Waals surface area contributed by atoms with Crippen molar-refractivity contribution in [3.63, 3.8) is 0 Å². The van der Waals surface area contributed by atoms with E-state index in [1.165, 1.54) is 24.3 Å². The number of carbonyl (C=O) groups excluding carboxylic acids is 1. The zero-order valence-corrected chi connectivity index (χ0v) is 18.8. The van der Waals surface area contributed by atoms with Gasteiger partial charge in [0.25, 0.3) is 5.56 Å². The van der Waals surface area contributed by atoms with Crippen molar-refractivity contribution >= 4 is 11.6 Å². The van der Waals surface area contributed by atoms with Crippen molar-refractivity contribution in [3.8, 4) is 16.9 Å². The molecule has 8 heteroatoms. The fraction of sp³-hybridized carbons (Fsp3) is 0.333. The summed E-state index contributed by atoms with van der Waals surface area (Å²) in [6, 6.07) is 10.5. The van der Waals surface area contributed by atoms with E-state index in [4.69, 9.17) is 0 Å². The highest BCUT2D eigenvalue weighted by molar-refractivity contribution is 5.96. The summed E-state index contributed by atoms with van der Waals surface area (Å²) in [6.07, 6.45) is 1.58. The molecule has 3 rings (SSSR count). The van der Waals surface area contributed by atoms with Gasteiger partial charge >= 0.3 is 0 Å². The summed E-state index contributed by atoms with van der Waals surface area (Å²) in [6.45, 7) is 4.98. The van der Waals surface area contributed by atoms with Crippen LogP contribution in [0.25, 0.3) is 16.9 Å². The molecule has 7 nitrogen and oxygen atoms in total. The first kappa shape index (κ1) is 23.3. The van der Waals surface area contributed by atoms with Crippen LogP contribution in [-0.2, 0) is 0 Å². The standard InChI is InChI=1S/C24H27FN4O3/c1-15(24(2,3)32)11-21(30)19-13-20(16-9-10-22(26-14-16)28(4)5)27-29(23(19)31)18-8-6-7-17(25)12-18/h6-10,12-15,32H,11H2,1-5H3/t15-/m0/s1. The lowest BCUT2D eigenvalue weighted by molar-refractivity contribution is 0.0213. The minimum absolute atomic E-state index is 0.0246. The molecule has 0 saturated heterocycles. The molecule has 1 N–H and O–H groups in total. The first-order valence-electron chi connectivity index (χ1n) is 10.3. The smallest absolute Gasteiger partial charge is 0.282 e. The van der Waals surface area contributed by atoms with Crippen LogP contribution in [0.15, 0.2) is 53.5 Å². The molecule has 3 aromatic rings. The van der Waals surface area contributed by atoms with Gasteiger partial charge in [-0.15, -0.1) is 0 Å². The fourth-order valence-corrected chi connectivity index (χ4v) is 3.06. The molecule has 1 atom stereocenters. The molecule has 0 radical (unpaired) electrons. The molecule has 0 aliphatic rings. The monoisotopic (exact) mass is 438 g/mol. The number of Topliss-reactive ketones (excluding diaryl/α,β-unsaturated/α-hetero) is 1. The molecule has 0 unspecified atom stereocenters. The summed E-state index contributed by atoms with van der Waals surface area (Å²) in [5.41, 5.74) is -0.647. The third kappa shape index (κ3) is 5.08. The number of nitrogens with zero attached hydrogens (tertiary/aromatic N) is 4. The zero-order valence-electron chi connectivity index (χ0n) is 18.8. The maximum atomic E-state index is 13.8. The summed E-state index contributed by atoms with van der Waals surface area (Å²) in [5, 5.41) is 14.6. The van der Waals surface area contributed by atoms with Gasteiger partial charge in [0.15, 0.2) is 5.78 Å². The number of ketones is 1. The van der Waals surface area contributed by atoms with Crippen LogP contribution in [0.3, 0.4) is 0 Å². The average Bonchev–Trinajstić information content (AvgIpc) is 2.73. The van der Waals surface area contributed by atoms with Gasteiger partial charge in [-0.2, -0.15) is 9.78 Å². The molecule has 168 valence electrons. The molecule has 32 heavy (non-hydrogen) atoms. The molecule has 1 aromatic carbocycles. The molecular weight excluding hydrogens is 411 g/mol. The predicted octanol–water partition coefficient (Wildman–Crippen LogP) is 3.48. The zero-order chi connectivity index (χ0) is 23.6. The molecule has 0 aliphatic heterocycles. The van der Waals surface area contributed by atoms with E-state index in [9.17, 15) is 19.1 Å². The van der Waals surface area contributed by atoms with Gasteiger partial charge in [-0.1, -0.05) is 13.0 Å². The van der Waals surface area contributed by atoms with E-state index in [0.717, 1.165) is 10.5 Å². The number of hydrogen-bond acceptors (Lipinski definition) is 6. The summed E-state index contributed by atoms with van der Waals surface area (Å²) in [5.74, 6) is -0.587. The second-order valence-corrected chi connectivity index (χ2v) is 8.62. The lowest BCUT2D eigenvalue weighted by Crippen LogP contribution is -2.33. The van der Waals surface area contributed by atoms with E-state index in [2.05, 4.69) is 10.1 Å². The number of benzene rings is 1. The third-order valence-electron chi connectivity index (χ3n) is 5.46. The Labute approximate surface area is 186 Å². The molecule has 0 amide bonds. The number of pyridine rings is 1. The number of carbonyl (C=O) groups is 1. The van der Waals surface area contributed by atoms with Gasteiger partial charge in [0.2, 0.25) is 0 Å². The Kier molecular flexibility index (Phi) is 6.55. The first-order valence-corrected chi connectivity index (χ1v) is 10.3.